The summed E-state index contributed by atoms with van der Waals surface area (Å²) in [6.45, 7) is 0. The molecule has 0 radical (unpaired) electrons. The van der Waals surface area contributed by atoms with Crippen molar-refractivity contribution in [3.63, 3.8) is 0 Å². The topological polar surface area (TPSA) is 17.1 Å². The fraction of sp³-hybridized carbons (Fsp3) is 0. The third-order valence-corrected chi connectivity index (χ3v) is 0.400. The maximum atomic E-state index is 9.47. The highest BCUT2D eigenvalue weighted by molar-refractivity contribution is 5.53. The van der Waals surface area contributed by atoms with Gasteiger partial charge in [0.25, 0.3) is 0 Å². The van der Waals surface area contributed by atoms with E-state index >= 15 is 0 Å². The maximum Gasteiger partial charge on any atom is 0.133 e. The van der Waals surface area contributed by atoms with Crippen LogP contribution in [0, 0.1) is 36.0 Å². The quantitative estimate of drug-likeness (QED) is 0.320. The van der Waals surface area contributed by atoms with E-state index in [2.05, 4.69) is 29.6 Å². The second-order valence-electron chi connectivity index (χ2n) is 0.926. The van der Waals surface area contributed by atoms with Crippen molar-refractivity contribution in [3.8, 4) is 36.0 Å². The van der Waals surface area contributed by atoms with E-state index in [9.17, 15) is 4.79 Å². The van der Waals surface area contributed by atoms with Gasteiger partial charge in [-0.1, -0.05) is 0 Å². The van der Waals surface area contributed by atoms with E-state index in [4.69, 9.17) is 6.42 Å². The van der Waals surface area contributed by atoms with Crippen LogP contribution < -0.4 is 0 Å². The minimum Gasteiger partial charge on any atom is -0.233 e. The van der Waals surface area contributed by atoms with Crippen LogP contribution >= 0.6 is 0 Å². The number of rotatable bonds is 0. The molecule has 0 saturated heterocycles. The minimum absolute atomic E-state index is 1.03. The molecule has 1 heteroatoms. The van der Waals surface area contributed by atoms with Crippen LogP contribution in [0.3, 0.4) is 0 Å². The van der Waals surface area contributed by atoms with Crippen LogP contribution in [0.5, 0.6) is 0 Å². The van der Waals surface area contributed by atoms with Gasteiger partial charge >= 0.3 is 0 Å². The molecule has 0 aliphatic rings. The van der Waals surface area contributed by atoms with Gasteiger partial charge in [-0.25, -0.2) is 4.79 Å². The zero-order valence-corrected chi connectivity index (χ0v) is 4.56. The molecule has 0 heterocycles. The molecule has 0 aliphatic carbocycles. The highest BCUT2D eigenvalue weighted by Gasteiger charge is 1.52. The van der Waals surface area contributed by atoms with Gasteiger partial charge in [-0.15, -0.1) is 6.42 Å². The lowest BCUT2D eigenvalue weighted by molar-refractivity contribution is 0.569. The summed E-state index contributed by atoms with van der Waals surface area (Å²) in [4.78, 5) is 9.47. The summed E-state index contributed by atoms with van der Waals surface area (Å²) in [6.07, 6.45) is 5.80. The predicted octanol–water partition coefficient (Wildman–Crippen LogP) is 0.0142. The molecular formula is C8H2O. The van der Waals surface area contributed by atoms with Crippen molar-refractivity contribution in [3.05, 3.63) is 6.08 Å². The second kappa shape index (κ2) is 6.13. The van der Waals surface area contributed by atoms with E-state index in [1.807, 2.05) is 0 Å². The molecule has 9 heavy (non-hydrogen) atoms. The molecule has 0 aromatic rings. The molecule has 0 aromatic carbocycles. The molecular weight excluding hydrogens is 112 g/mol. The van der Waals surface area contributed by atoms with Gasteiger partial charge in [0, 0.05) is 0 Å². The third-order valence-electron chi connectivity index (χ3n) is 0.400. The van der Waals surface area contributed by atoms with Crippen molar-refractivity contribution in [1.82, 2.24) is 0 Å². The minimum atomic E-state index is 1.03. The van der Waals surface area contributed by atoms with Gasteiger partial charge in [-0.2, -0.15) is 0 Å². The fourth-order valence-electron chi connectivity index (χ4n) is 0.169. The van der Waals surface area contributed by atoms with Crippen LogP contribution in [0.2, 0.25) is 0 Å². The van der Waals surface area contributed by atoms with Crippen LogP contribution in [0.4, 0.5) is 0 Å². The Kier molecular flexibility index (Phi) is 4.86. The summed E-state index contributed by atoms with van der Waals surface area (Å²) < 4.78 is 0. The van der Waals surface area contributed by atoms with E-state index < -0.39 is 0 Å². The lowest BCUT2D eigenvalue weighted by Crippen LogP contribution is -1.51. The number of hydrogen-bond donors (Lipinski definition) is 0. The van der Waals surface area contributed by atoms with Crippen LogP contribution in [0.15, 0.2) is 6.08 Å². The Hall–Kier alpha value is -1.87. The van der Waals surface area contributed by atoms with E-state index in [1.54, 1.807) is 0 Å². The first-order chi connectivity index (χ1) is 4.41. The fourth-order valence-corrected chi connectivity index (χ4v) is 0.169. The second-order valence-corrected chi connectivity index (χ2v) is 0.926. The lowest BCUT2D eigenvalue weighted by atomic mass is 10.5. The van der Waals surface area contributed by atoms with Gasteiger partial charge in [0.15, 0.2) is 0 Å². The van der Waals surface area contributed by atoms with Gasteiger partial charge in [0.05, 0.1) is 6.08 Å². The molecule has 0 aromatic heterocycles. The normalized spacial score (nSPS) is 3.89. The largest absolute Gasteiger partial charge is 0.233 e. The molecule has 40 valence electrons. The van der Waals surface area contributed by atoms with E-state index in [1.165, 1.54) is 5.94 Å². The maximum absolute atomic E-state index is 9.47. The number of hydrogen-bond acceptors (Lipinski definition) is 1. The highest BCUT2D eigenvalue weighted by Crippen LogP contribution is 1.53. The van der Waals surface area contributed by atoms with Crippen LogP contribution in [0.25, 0.3) is 0 Å². The van der Waals surface area contributed by atoms with Crippen molar-refractivity contribution >= 4 is 5.94 Å². The Labute approximate surface area is 53.8 Å². The molecule has 1 nitrogen and oxygen atoms in total. The molecule has 0 fully saturated rings. The smallest absolute Gasteiger partial charge is 0.133 e. The SMILES string of the molecule is C#CC#CC#CC=C=O. The monoisotopic (exact) mass is 114 g/mol. The average Bonchev–Trinajstić information content (AvgIpc) is 1.89. The van der Waals surface area contributed by atoms with Crippen molar-refractivity contribution < 1.29 is 4.79 Å². The zero-order chi connectivity index (χ0) is 6.95. The molecule has 0 N–H and O–H groups in total. The Morgan fingerprint density at radius 1 is 1.22 bits per heavy atom. The average molecular weight is 114 g/mol. The predicted molar refractivity (Wildman–Crippen MR) is 34.6 cm³/mol. The summed E-state index contributed by atoms with van der Waals surface area (Å²) in [5, 5.41) is 0. The summed E-state index contributed by atoms with van der Waals surface area (Å²) in [5.74, 6) is 12.7. The third kappa shape index (κ3) is 6.13. The first-order valence-corrected chi connectivity index (χ1v) is 2.07. The molecule has 0 spiro atoms. The molecule has 0 amide bonds. The number of allylic oxidation sites excluding steroid dienone is 1. The Balaban J connectivity index is 3.94. The zero-order valence-electron chi connectivity index (χ0n) is 4.56. The van der Waals surface area contributed by atoms with Gasteiger partial charge in [0.1, 0.15) is 5.94 Å². The van der Waals surface area contributed by atoms with E-state index in [0.717, 1.165) is 6.08 Å². The molecule has 0 rings (SSSR count). The van der Waals surface area contributed by atoms with Crippen molar-refractivity contribution in [2.24, 2.45) is 0 Å². The van der Waals surface area contributed by atoms with E-state index in [-0.39, 0.29) is 0 Å². The van der Waals surface area contributed by atoms with Gasteiger partial charge in [0.2, 0.25) is 0 Å². The first kappa shape index (κ1) is 7.13. The van der Waals surface area contributed by atoms with E-state index in [0.29, 0.717) is 0 Å². The van der Waals surface area contributed by atoms with Crippen molar-refractivity contribution in [2.45, 2.75) is 0 Å². The molecule has 0 saturated carbocycles. The molecule has 0 bridgehead atoms. The molecule has 0 aliphatic heterocycles. The summed E-state index contributed by atoms with van der Waals surface area (Å²) in [6, 6.07) is 0. The van der Waals surface area contributed by atoms with Crippen molar-refractivity contribution in [1.29, 1.82) is 0 Å². The molecule has 0 unspecified atom stereocenters. The summed E-state index contributed by atoms with van der Waals surface area (Å²) in [5.41, 5.74) is 0. The summed E-state index contributed by atoms with van der Waals surface area (Å²) in [7, 11) is 0. The first-order valence-electron chi connectivity index (χ1n) is 2.07. The number of terminal acetylenes is 1. The van der Waals surface area contributed by atoms with Gasteiger partial charge < -0.3 is 0 Å². The number of carbonyl (C=O) groups excluding carboxylic acids is 1. The Morgan fingerprint density at radius 2 is 2.00 bits per heavy atom. The van der Waals surface area contributed by atoms with Gasteiger partial charge in [-0.05, 0) is 29.6 Å². The van der Waals surface area contributed by atoms with Gasteiger partial charge in [-0.3, -0.25) is 0 Å². The van der Waals surface area contributed by atoms with Crippen LogP contribution in [-0.4, -0.2) is 5.94 Å². The summed E-state index contributed by atoms with van der Waals surface area (Å²) >= 11 is 0. The van der Waals surface area contributed by atoms with Crippen LogP contribution in [-0.2, 0) is 4.79 Å². The Morgan fingerprint density at radius 3 is 2.56 bits per heavy atom. The molecule has 0 atom stereocenters. The lowest BCUT2D eigenvalue weighted by Gasteiger charge is -1.51. The van der Waals surface area contributed by atoms with Crippen LogP contribution in [0.1, 0.15) is 0 Å². The van der Waals surface area contributed by atoms with Crippen molar-refractivity contribution in [2.75, 3.05) is 0 Å². The highest BCUT2D eigenvalue weighted by atomic mass is 16.1. The Bertz CT molecular complexity index is 276. The standard InChI is InChI=1S/C8H2O/c1-2-3-4-5-6-7-8-9/h1,7H.